The molecule has 0 aliphatic heterocycles. The number of aromatic nitrogens is 2. The van der Waals surface area contributed by atoms with Gasteiger partial charge in [0.05, 0.1) is 17.6 Å². The second kappa shape index (κ2) is 6.68. The van der Waals surface area contributed by atoms with E-state index >= 15 is 0 Å². The smallest absolute Gasteiger partial charge is 0.119 e. The molecule has 1 heterocycles. The summed E-state index contributed by atoms with van der Waals surface area (Å²) in [5.41, 5.74) is 7.50. The monoisotopic (exact) mass is 322 g/mol. The highest BCUT2D eigenvalue weighted by atomic mass is 16.5. The summed E-state index contributed by atoms with van der Waals surface area (Å²) in [6, 6.07) is 10.7. The van der Waals surface area contributed by atoms with Crippen molar-refractivity contribution in [2.75, 3.05) is 6.61 Å². The fourth-order valence-electron chi connectivity index (χ4n) is 3.00. The van der Waals surface area contributed by atoms with Crippen molar-refractivity contribution in [2.24, 2.45) is 0 Å². The first-order valence-corrected chi connectivity index (χ1v) is 8.60. The average Bonchev–Trinajstić information content (AvgIpc) is 2.83. The molecule has 0 saturated heterocycles. The summed E-state index contributed by atoms with van der Waals surface area (Å²) < 4.78 is 8.20. The Labute approximate surface area is 144 Å². The van der Waals surface area contributed by atoms with Crippen LogP contribution in [0.3, 0.4) is 0 Å². The van der Waals surface area contributed by atoms with E-state index < -0.39 is 0 Å². The van der Waals surface area contributed by atoms with Gasteiger partial charge in [0, 0.05) is 6.54 Å². The zero-order chi connectivity index (χ0) is 17.3. The van der Waals surface area contributed by atoms with Gasteiger partial charge in [-0.2, -0.15) is 0 Å². The van der Waals surface area contributed by atoms with Gasteiger partial charge in [-0.25, -0.2) is 4.98 Å². The number of imidazole rings is 1. The summed E-state index contributed by atoms with van der Waals surface area (Å²) in [4.78, 5) is 4.70. The highest BCUT2D eigenvalue weighted by Crippen LogP contribution is 2.21. The van der Waals surface area contributed by atoms with Crippen molar-refractivity contribution >= 4 is 11.0 Å². The maximum absolute atomic E-state index is 5.90. The lowest BCUT2D eigenvalue weighted by Gasteiger charge is -2.10. The Morgan fingerprint density at radius 2 is 1.58 bits per heavy atom. The third-order valence-electron chi connectivity index (χ3n) is 4.83. The first-order chi connectivity index (χ1) is 11.5. The topological polar surface area (TPSA) is 27.1 Å². The minimum absolute atomic E-state index is 0.715. The molecule has 0 spiro atoms. The summed E-state index contributed by atoms with van der Waals surface area (Å²) in [6.07, 6.45) is 0.964. The fourth-order valence-corrected chi connectivity index (χ4v) is 3.00. The minimum Gasteiger partial charge on any atom is -0.494 e. The molecule has 3 aromatic rings. The van der Waals surface area contributed by atoms with E-state index in [0.717, 1.165) is 30.1 Å². The van der Waals surface area contributed by atoms with Crippen LogP contribution in [-0.2, 0) is 6.54 Å². The number of nitrogens with zero attached hydrogens (tertiary/aromatic N) is 2. The Morgan fingerprint density at radius 1 is 0.875 bits per heavy atom. The van der Waals surface area contributed by atoms with Crippen molar-refractivity contribution in [3.63, 3.8) is 0 Å². The van der Waals surface area contributed by atoms with E-state index in [1.165, 1.54) is 27.8 Å². The molecule has 126 valence electrons. The van der Waals surface area contributed by atoms with E-state index in [2.05, 4.69) is 63.5 Å². The predicted molar refractivity (Wildman–Crippen MR) is 100.0 cm³/mol. The summed E-state index contributed by atoms with van der Waals surface area (Å²) in [6.45, 7) is 12.3. The molecule has 0 N–H and O–H groups in total. The molecule has 0 bridgehead atoms. The van der Waals surface area contributed by atoms with Gasteiger partial charge in [-0.3, -0.25) is 0 Å². The van der Waals surface area contributed by atoms with Crippen molar-refractivity contribution in [3.8, 4) is 5.75 Å². The average molecular weight is 322 g/mol. The summed E-state index contributed by atoms with van der Waals surface area (Å²) in [5, 5.41) is 0. The predicted octanol–water partition coefficient (Wildman–Crippen LogP) is 5.05. The number of hydrogen-bond acceptors (Lipinski definition) is 2. The van der Waals surface area contributed by atoms with Crippen LogP contribution in [0.25, 0.3) is 11.0 Å². The molecule has 24 heavy (non-hydrogen) atoms. The maximum Gasteiger partial charge on any atom is 0.119 e. The third-order valence-corrected chi connectivity index (χ3v) is 4.83. The zero-order valence-electron chi connectivity index (χ0n) is 15.3. The Morgan fingerprint density at radius 3 is 2.33 bits per heavy atom. The molecule has 0 amide bonds. The van der Waals surface area contributed by atoms with Gasteiger partial charge in [-0.1, -0.05) is 6.07 Å². The quantitative estimate of drug-likeness (QED) is 0.615. The molecule has 3 nitrogen and oxygen atoms in total. The molecule has 0 fully saturated rings. The molecular formula is C21H26N2O. The van der Waals surface area contributed by atoms with E-state index in [9.17, 15) is 0 Å². The van der Waals surface area contributed by atoms with E-state index in [-0.39, 0.29) is 0 Å². The van der Waals surface area contributed by atoms with Gasteiger partial charge in [0.25, 0.3) is 0 Å². The molecule has 0 saturated carbocycles. The van der Waals surface area contributed by atoms with Gasteiger partial charge in [0.2, 0.25) is 0 Å². The molecule has 0 aliphatic carbocycles. The Kier molecular flexibility index (Phi) is 4.61. The molecule has 3 rings (SSSR count). The van der Waals surface area contributed by atoms with Crippen LogP contribution in [0.5, 0.6) is 5.75 Å². The van der Waals surface area contributed by atoms with Gasteiger partial charge in [-0.15, -0.1) is 0 Å². The lowest BCUT2D eigenvalue weighted by molar-refractivity contribution is 0.302. The van der Waals surface area contributed by atoms with Crippen LogP contribution in [0.1, 0.15) is 34.5 Å². The first kappa shape index (κ1) is 16.6. The number of ether oxygens (including phenoxy) is 1. The number of benzene rings is 2. The highest BCUT2D eigenvalue weighted by Gasteiger charge is 2.09. The van der Waals surface area contributed by atoms with Gasteiger partial charge in [0.15, 0.2) is 0 Å². The SMILES string of the molecule is Cc1ccc(OCCCn2c(C)nc3cc(C)c(C)cc32)cc1C. The van der Waals surface area contributed by atoms with Gasteiger partial charge >= 0.3 is 0 Å². The van der Waals surface area contributed by atoms with Crippen LogP contribution < -0.4 is 4.74 Å². The van der Waals surface area contributed by atoms with Crippen LogP contribution in [0.15, 0.2) is 30.3 Å². The lowest BCUT2D eigenvalue weighted by Crippen LogP contribution is -2.06. The van der Waals surface area contributed by atoms with Crippen molar-refractivity contribution in [3.05, 3.63) is 58.4 Å². The maximum atomic E-state index is 5.90. The number of fused-ring (bicyclic) bond motifs is 1. The van der Waals surface area contributed by atoms with Crippen molar-refractivity contribution in [1.82, 2.24) is 9.55 Å². The second-order valence-corrected chi connectivity index (χ2v) is 6.68. The Hall–Kier alpha value is -2.29. The van der Waals surface area contributed by atoms with Gasteiger partial charge < -0.3 is 9.30 Å². The van der Waals surface area contributed by atoms with Crippen molar-refractivity contribution in [1.29, 1.82) is 0 Å². The summed E-state index contributed by atoms with van der Waals surface area (Å²) >= 11 is 0. The Balaban J connectivity index is 1.66. The fraction of sp³-hybridized carbons (Fsp3) is 0.381. The minimum atomic E-state index is 0.715. The molecule has 0 atom stereocenters. The second-order valence-electron chi connectivity index (χ2n) is 6.68. The molecule has 3 heteroatoms. The molecule has 0 unspecified atom stereocenters. The normalized spacial score (nSPS) is 11.2. The van der Waals surface area contributed by atoms with Gasteiger partial charge in [0.1, 0.15) is 11.6 Å². The summed E-state index contributed by atoms with van der Waals surface area (Å²) in [7, 11) is 0. The van der Waals surface area contributed by atoms with E-state index in [1.54, 1.807) is 0 Å². The first-order valence-electron chi connectivity index (χ1n) is 8.60. The highest BCUT2D eigenvalue weighted by molar-refractivity contribution is 5.78. The number of rotatable bonds is 5. The van der Waals surface area contributed by atoms with Crippen molar-refractivity contribution in [2.45, 2.75) is 47.6 Å². The lowest BCUT2D eigenvalue weighted by atomic mass is 10.1. The molecule has 0 aliphatic rings. The van der Waals surface area contributed by atoms with Crippen LogP contribution in [0.2, 0.25) is 0 Å². The molecule has 1 aromatic heterocycles. The van der Waals surface area contributed by atoms with Crippen LogP contribution in [-0.4, -0.2) is 16.2 Å². The molecule has 2 aromatic carbocycles. The number of aryl methyl sites for hydroxylation is 6. The zero-order valence-corrected chi connectivity index (χ0v) is 15.3. The van der Waals surface area contributed by atoms with Crippen LogP contribution in [0, 0.1) is 34.6 Å². The molecular weight excluding hydrogens is 296 g/mol. The Bertz CT molecular complexity index is 877. The van der Waals surface area contributed by atoms with E-state index in [0.29, 0.717) is 6.61 Å². The van der Waals surface area contributed by atoms with E-state index in [1.807, 2.05) is 6.07 Å². The van der Waals surface area contributed by atoms with Crippen LogP contribution >= 0.6 is 0 Å². The summed E-state index contributed by atoms with van der Waals surface area (Å²) in [5.74, 6) is 2.03. The number of hydrogen-bond donors (Lipinski definition) is 0. The van der Waals surface area contributed by atoms with Crippen LogP contribution in [0.4, 0.5) is 0 Å². The third kappa shape index (κ3) is 3.30. The van der Waals surface area contributed by atoms with E-state index in [4.69, 9.17) is 9.72 Å². The standard InChI is InChI=1S/C21H26N2O/c1-14-7-8-19(11-15(14)2)24-10-6-9-23-18(5)22-20-12-16(3)17(4)13-21(20)23/h7-8,11-13H,6,9-10H2,1-5H3. The van der Waals surface area contributed by atoms with Gasteiger partial charge in [-0.05, 0) is 87.6 Å². The van der Waals surface area contributed by atoms with Crippen molar-refractivity contribution < 1.29 is 4.74 Å². The molecule has 0 radical (unpaired) electrons. The largest absolute Gasteiger partial charge is 0.494 e.